The van der Waals surface area contributed by atoms with E-state index in [4.69, 9.17) is 27.9 Å². The zero-order chi connectivity index (χ0) is 24.4. The summed E-state index contributed by atoms with van der Waals surface area (Å²) in [5, 5.41) is 11.5. The standard InChI is InChI=1S/C23H23Cl2N5O4/c1-28(11-14-6-4-3-5-7-14)22-26-20-19(21(32)27-23(33)29(20)2)30(22)12-16(31)13-34-18-9-8-15(24)10-17(18)25/h3-10,16,31H,11-13H2,1-2H3,(H,27,32,33). The number of aromatic amines is 1. The van der Waals surface area contributed by atoms with Gasteiger partial charge < -0.3 is 19.3 Å². The summed E-state index contributed by atoms with van der Waals surface area (Å²) in [6.45, 7) is 0.410. The summed E-state index contributed by atoms with van der Waals surface area (Å²) in [4.78, 5) is 33.6. The molecule has 1 unspecified atom stereocenters. The van der Waals surface area contributed by atoms with Crippen LogP contribution in [0.4, 0.5) is 5.95 Å². The molecule has 0 spiro atoms. The van der Waals surface area contributed by atoms with Crippen molar-refractivity contribution in [2.24, 2.45) is 7.05 Å². The van der Waals surface area contributed by atoms with E-state index in [-0.39, 0.29) is 24.3 Å². The fraction of sp³-hybridized carbons (Fsp3) is 0.261. The Balaban J connectivity index is 1.66. The second-order valence-corrected chi connectivity index (χ2v) is 8.74. The highest BCUT2D eigenvalue weighted by molar-refractivity contribution is 6.35. The molecule has 0 saturated heterocycles. The van der Waals surface area contributed by atoms with Crippen molar-refractivity contribution in [2.75, 3.05) is 18.6 Å². The van der Waals surface area contributed by atoms with E-state index >= 15 is 0 Å². The van der Waals surface area contributed by atoms with Crippen LogP contribution in [-0.4, -0.2) is 44.0 Å². The molecule has 9 nitrogen and oxygen atoms in total. The number of anilines is 1. The number of halogens is 2. The third kappa shape index (κ3) is 4.96. The first kappa shape index (κ1) is 23.9. The third-order valence-electron chi connectivity index (χ3n) is 5.31. The summed E-state index contributed by atoms with van der Waals surface area (Å²) in [6, 6.07) is 14.5. The molecule has 0 bridgehead atoms. The van der Waals surface area contributed by atoms with E-state index in [0.717, 1.165) is 5.56 Å². The van der Waals surface area contributed by atoms with E-state index in [1.807, 2.05) is 42.3 Å². The summed E-state index contributed by atoms with van der Waals surface area (Å²) < 4.78 is 8.51. The van der Waals surface area contributed by atoms with Crippen LogP contribution in [0.1, 0.15) is 5.56 Å². The van der Waals surface area contributed by atoms with Gasteiger partial charge in [-0.1, -0.05) is 53.5 Å². The smallest absolute Gasteiger partial charge is 0.329 e. The van der Waals surface area contributed by atoms with Crippen LogP contribution in [0.25, 0.3) is 11.2 Å². The lowest BCUT2D eigenvalue weighted by Gasteiger charge is -2.21. The van der Waals surface area contributed by atoms with Crippen molar-refractivity contribution in [1.29, 1.82) is 0 Å². The largest absolute Gasteiger partial charge is 0.489 e. The number of nitrogens with one attached hydrogen (secondary N) is 1. The molecule has 1 atom stereocenters. The van der Waals surface area contributed by atoms with E-state index in [2.05, 4.69) is 9.97 Å². The Bertz CT molecular complexity index is 1430. The second-order valence-electron chi connectivity index (χ2n) is 7.89. The predicted octanol–water partition coefficient (Wildman–Crippen LogP) is 2.81. The Morgan fingerprint density at radius 2 is 1.91 bits per heavy atom. The van der Waals surface area contributed by atoms with Gasteiger partial charge in [-0.25, -0.2) is 4.79 Å². The lowest BCUT2D eigenvalue weighted by Crippen LogP contribution is -2.31. The third-order valence-corrected chi connectivity index (χ3v) is 5.84. The van der Waals surface area contributed by atoms with Gasteiger partial charge in [0.2, 0.25) is 5.95 Å². The molecular formula is C23H23Cl2N5O4. The van der Waals surface area contributed by atoms with E-state index in [1.54, 1.807) is 22.8 Å². The van der Waals surface area contributed by atoms with Gasteiger partial charge in [0, 0.05) is 25.7 Å². The molecule has 0 amide bonds. The molecule has 34 heavy (non-hydrogen) atoms. The molecular weight excluding hydrogens is 481 g/mol. The van der Waals surface area contributed by atoms with Crippen molar-refractivity contribution in [3.8, 4) is 5.75 Å². The van der Waals surface area contributed by atoms with Crippen LogP contribution in [-0.2, 0) is 20.1 Å². The number of hydrogen-bond acceptors (Lipinski definition) is 6. The van der Waals surface area contributed by atoms with Crippen LogP contribution < -0.4 is 20.9 Å². The first-order chi connectivity index (χ1) is 16.2. The van der Waals surface area contributed by atoms with Gasteiger partial charge >= 0.3 is 5.69 Å². The Morgan fingerprint density at radius 1 is 1.18 bits per heavy atom. The topological polar surface area (TPSA) is 105 Å². The van der Waals surface area contributed by atoms with Crippen molar-refractivity contribution >= 4 is 40.3 Å². The second kappa shape index (κ2) is 9.92. The zero-order valence-electron chi connectivity index (χ0n) is 18.5. The maximum atomic E-state index is 12.7. The number of imidazole rings is 1. The van der Waals surface area contributed by atoms with Crippen LogP contribution >= 0.6 is 23.2 Å². The van der Waals surface area contributed by atoms with Crippen molar-refractivity contribution < 1.29 is 9.84 Å². The normalized spacial score (nSPS) is 12.1. The maximum absolute atomic E-state index is 12.7. The van der Waals surface area contributed by atoms with Gasteiger partial charge in [0.15, 0.2) is 11.2 Å². The van der Waals surface area contributed by atoms with E-state index in [0.29, 0.717) is 28.3 Å². The SMILES string of the molecule is CN(Cc1ccccc1)c1nc2c(c(=O)[nH]c(=O)n2C)n1CC(O)COc1ccc(Cl)cc1Cl. The number of hydrogen-bond donors (Lipinski definition) is 2. The number of aliphatic hydroxyl groups excluding tert-OH is 1. The van der Waals surface area contributed by atoms with Crippen molar-refractivity contribution in [1.82, 2.24) is 19.1 Å². The van der Waals surface area contributed by atoms with Crippen LogP contribution in [0.3, 0.4) is 0 Å². The number of H-pyrrole nitrogens is 1. The Labute approximate surface area is 204 Å². The molecule has 2 heterocycles. The monoisotopic (exact) mass is 503 g/mol. The number of rotatable bonds is 8. The fourth-order valence-electron chi connectivity index (χ4n) is 3.66. The van der Waals surface area contributed by atoms with E-state index in [9.17, 15) is 14.7 Å². The molecule has 0 fully saturated rings. The molecule has 2 aromatic carbocycles. The molecule has 0 aliphatic heterocycles. The molecule has 2 aromatic heterocycles. The molecule has 4 aromatic rings. The summed E-state index contributed by atoms with van der Waals surface area (Å²) in [5.74, 6) is 0.802. The zero-order valence-corrected chi connectivity index (χ0v) is 20.0. The average molecular weight is 504 g/mol. The Morgan fingerprint density at radius 3 is 2.62 bits per heavy atom. The summed E-state index contributed by atoms with van der Waals surface area (Å²) >= 11 is 12.1. The summed E-state index contributed by atoms with van der Waals surface area (Å²) in [6.07, 6.45) is -1.01. The predicted molar refractivity (Wildman–Crippen MR) is 132 cm³/mol. The summed E-state index contributed by atoms with van der Waals surface area (Å²) in [7, 11) is 3.36. The first-order valence-electron chi connectivity index (χ1n) is 10.4. The van der Waals surface area contributed by atoms with Crippen LogP contribution in [0, 0.1) is 0 Å². The molecule has 178 valence electrons. The number of nitrogens with zero attached hydrogens (tertiary/aromatic N) is 4. The van der Waals surface area contributed by atoms with Crippen molar-refractivity contribution in [3.05, 3.63) is 85.0 Å². The van der Waals surface area contributed by atoms with Gasteiger partial charge in [-0.05, 0) is 23.8 Å². The molecule has 0 aliphatic rings. The number of aliphatic hydroxyl groups is 1. The first-order valence-corrected chi connectivity index (χ1v) is 11.2. The maximum Gasteiger partial charge on any atom is 0.329 e. The summed E-state index contributed by atoms with van der Waals surface area (Å²) in [5.41, 5.74) is 0.283. The highest BCUT2D eigenvalue weighted by Gasteiger charge is 2.22. The van der Waals surface area contributed by atoms with Crippen molar-refractivity contribution in [3.63, 3.8) is 0 Å². The molecule has 0 saturated carbocycles. The van der Waals surface area contributed by atoms with Crippen LogP contribution in [0.5, 0.6) is 5.75 Å². The minimum atomic E-state index is -1.01. The Hall–Kier alpha value is -3.27. The van der Waals surface area contributed by atoms with Gasteiger partial charge in [0.25, 0.3) is 5.56 Å². The van der Waals surface area contributed by atoms with Crippen molar-refractivity contribution in [2.45, 2.75) is 19.2 Å². The minimum absolute atomic E-state index is 0.00252. The highest BCUT2D eigenvalue weighted by Crippen LogP contribution is 2.28. The van der Waals surface area contributed by atoms with Gasteiger partial charge in [0.05, 0.1) is 11.6 Å². The van der Waals surface area contributed by atoms with Gasteiger partial charge in [0.1, 0.15) is 18.5 Å². The quantitative estimate of drug-likeness (QED) is 0.383. The van der Waals surface area contributed by atoms with Gasteiger partial charge in [-0.2, -0.15) is 4.98 Å². The van der Waals surface area contributed by atoms with Crippen LogP contribution in [0.15, 0.2) is 58.1 Å². The van der Waals surface area contributed by atoms with Gasteiger partial charge in [-0.3, -0.25) is 14.3 Å². The highest BCUT2D eigenvalue weighted by atomic mass is 35.5. The lowest BCUT2D eigenvalue weighted by atomic mass is 10.2. The molecule has 0 radical (unpaired) electrons. The number of ether oxygens (including phenoxy) is 1. The van der Waals surface area contributed by atoms with Crippen LogP contribution in [0.2, 0.25) is 10.0 Å². The van der Waals surface area contributed by atoms with E-state index in [1.165, 1.54) is 11.6 Å². The lowest BCUT2D eigenvalue weighted by molar-refractivity contribution is 0.0937. The number of aromatic nitrogens is 4. The van der Waals surface area contributed by atoms with Gasteiger partial charge in [-0.15, -0.1) is 0 Å². The molecule has 0 aliphatic carbocycles. The van der Waals surface area contributed by atoms with E-state index < -0.39 is 17.4 Å². The minimum Gasteiger partial charge on any atom is -0.489 e. The molecule has 4 rings (SSSR count). The average Bonchev–Trinajstić information content (AvgIpc) is 3.17. The Kier molecular flexibility index (Phi) is 6.97. The molecule has 2 N–H and O–H groups in total. The molecule has 11 heteroatoms. The number of aryl methyl sites for hydroxylation is 1. The number of fused-ring (bicyclic) bond motifs is 1. The fourth-order valence-corrected chi connectivity index (χ4v) is 4.12. The number of benzene rings is 2.